The van der Waals surface area contributed by atoms with Gasteiger partial charge in [-0.15, -0.1) is 0 Å². The van der Waals surface area contributed by atoms with Crippen molar-refractivity contribution in [3.63, 3.8) is 0 Å². The Bertz CT molecular complexity index is 1350. The molecule has 0 aromatic heterocycles. The van der Waals surface area contributed by atoms with Gasteiger partial charge < -0.3 is 29.7 Å². The fourth-order valence-electron chi connectivity index (χ4n) is 5.97. The number of benzene rings is 2. The summed E-state index contributed by atoms with van der Waals surface area (Å²) in [6.07, 6.45) is 4.41. The number of allylic oxidation sites excluding steroid dienone is 2. The first-order chi connectivity index (χ1) is 19.3. The summed E-state index contributed by atoms with van der Waals surface area (Å²) in [5.74, 6) is 0.0558. The Hall–Kier alpha value is -2.95. The van der Waals surface area contributed by atoms with E-state index < -0.39 is 29.6 Å². The number of fused-ring (bicyclic) bond motifs is 2. The van der Waals surface area contributed by atoms with E-state index in [1.165, 1.54) is 12.2 Å². The van der Waals surface area contributed by atoms with Crippen molar-refractivity contribution in [3.8, 4) is 5.75 Å². The van der Waals surface area contributed by atoms with E-state index in [1.54, 1.807) is 19.1 Å². The molecule has 2 N–H and O–H groups in total. The molecule has 0 radical (unpaired) electrons. The number of amides is 2. The molecule has 1 unspecified atom stereocenters. The number of halogens is 2. The molecular weight excluding hydrogens is 581 g/mol. The van der Waals surface area contributed by atoms with E-state index in [-0.39, 0.29) is 24.8 Å². The third kappa shape index (κ3) is 5.36. The summed E-state index contributed by atoms with van der Waals surface area (Å²) in [6.45, 7) is 2.82. The van der Waals surface area contributed by atoms with Crippen LogP contribution in [0.15, 0.2) is 58.5 Å². The van der Waals surface area contributed by atoms with Crippen LogP contribution in [0.25, 0.3) is 10.8 Å². The highest BCUT2D eigenvalue weighted by Crippen LogP contribution is 2.41. The highest BCUT2D eigenvalue weighted by atomic mass is 79.9. The number of hydrogen-bond acceptors (Lipinski definition) is 6. The minimum absolute atomic E-state index is 0.185. The minimum atomic E-state index is -1.07. The van der Waals surface area contributed by atoms with Crippen LogP contribution in [0.4, 0.5) is 4.39 Å². The van der Waals surface area contributed by atoms with Crippen molar-refractivity contribution < 1.29 is 28.2 Å². The van der Waals surface area contributed by atoms with Gasteiger partial charge in [0.25, 0.3) is 0 Å². The molecule has 3 atom stereocenters. The average Bonchev–Trinajstić information content (AvgIpc) is 3.03. The summed E-state index contributed by atoms with van der Waals surface area (Å²) < 4.78 is 33.6. The van der Waals surface area contributed by atoms with Crippen molar-refractivity contribution >= 4 is 38.5 Å². The molecule has 0 bridgehead atoms. The molecule has 1 aliphatic carbocycles. The molecule has 2 aromatic rings. The fourth-order valence-corrected chi connectivity index (χ4v) is 6.35. The topological polar surface area (TPSA) is 89.1 Å². The number of methoxy groups -OCH3 is 1. The monoisotopic (exact) mass is 615 g/mol. The third-order valence-electron chi connectivity index (χ3n) is 8.20. The van der Waals surface area contributed by atoms with Gasteiger partial charge in [-0.25, -0.2) is 4.39 Å². The number of ether oxygens (including phenoxy) is 3. The molecule has 8 nitrogen and oxygen atoms in total. The lowest BCUT2D eigenvalue weighted by atomic mass is 9.84. The van der Waals surface area contributed by atoms with Gasteiger partial charge in [0.1, 0.15) is 29.0 Å². The van der Waals surface area contributed by atoms with Crippen molar-refractivity contribution in [2.45, 2.75) is 62.9 Å². The summed E-state index contributed by atoms with van der Waals surface area (Å²) >= 11 is 3.54. The van der Waals surface area contributed by atoms with Crippen LogP contribution < -0.4 is 15.4 Å². The summed E-state index contributed by atoms with van der Waals surface area (Å²) in [4.78, 5) is 29.7. The lowest BCUT2D eigenvalue weighted by Crippen LogP contribution is -2.63. The van der Waals surface area contributed by atoms with Crippen LogP contribution in [0, 0.1) is 0 Å². The lowest BCUT2D eigenvalue weighted by Gasteiger charge is -2.42. The zero-order valence-electron chi connectivity index (χ0n) is 23.0. The molecule has 0 saturated carbocycles. The second kappa shape index (κ2) is 11.9. The number of carbonyl (C=O) groups excluding carboxylic acids is 2. The van der Waals surface area contributed by atoms with Gasteiger partial charge >= 0.3 is 0 Å². The first-order valence-corrected chi connectivity index (χ1v) is 14.5. The number of carbonyl (C=O) groups is 2. The minimum Gasteiger partial charge on any atom is -0.496 e. The Kier molecular flexibility index (Phi) is 8.49. The molecule has 2 amide bonds. The molecular formula is C30H35BrFN3O5. The summed E-state index contributed by atoms with van der Waals surface area (Å²) in [5.41, 5.74) is -0.244. The van der Waals surface area contributed by atoms with E-state index in [1.807, 2.05) is 37.3 Å². The first kappa shape index (κ1) is 28.6. The summed E-state index contributed by atoms with van der Waals surface area (Å²) in [7, 11) is 3.32. The van der Waals surface area contributed by atoms with E-state index in [4.69, 9.17) is 14.2 Å². The molecule has 214 valence electrons. The van der Waals surface area contributed by atoms with Crippen LogP contribution in [0.5, 0.6) is 5.75 Å². The van der Waals surface area contributed by atoms with E-state index in [2.05, 4.69) is 26.6 Å². The molecule has 2 aromatic carbocycles. The van der Waals surface area contributed by atoms with Crippen LogP contribution in [0.1, 0.15) is 38.2 Å². The Morgan fingerprint density at radius 1 is 1.27 bits per heavy atom. The quantitative estimate of drug-likeness (QED) is 0.476. The van der Waals surface area contributed by atoms with Crippen molar-refractivity contribution in [1.82, 2.24) is 15.5 Å². The average molecular weight is 617 g/mol. The molecule has 40 heavy (non-hydrogen) atoms. The molecule has 5 rings (SSSR count). The fraction of sp³-hybridized carbons (Fsp3) is 0.467. The lowest BCUT2D eigenvalue weighted by molar-refractivity contribution is -0.148. The largest absolute Gasteiger partial charge is 0.496 e. The Labute approximate surface area is 242 Å². The predicted octanol–water partition coefficient (Wildman–Crippen LogP) is 4.51. The van der Waals surface area contributed by atoms with E-state index in [9.17, 15) is 14.0 Å². The predicted molar refractivity (Wildman–Crippen MR) is 153 cm³/mol. The van der Waals surface area contributed by atoms with Gasteiger partial charge in [-0.3, -0.25) is 9.59 Å². The van der Waals surface area contributed by atoms with Gasteiger partial charge in [0.05, 0.1) is 39.0 Å². The maximum atomic E-state index is 14.7. The second-order valence-electron chi connectivity index (χ2n) is 10.4. The van der Waals surface area contributed by atoms with Crippen molar-refractivity contribution in [3.05, 3.63) is 64.1 Å². The third-order valence-corrected chi connectivity index (χ3v) is 8.69. The van der Waals surface area contributed by atoms with Gasteiger partial charge in [0, 0.05) is 29.0 Å². The molecule has 2 heterocycles. The SMILES string of the molecule is CC[C@H](NC)C(=O)N[C@@H]1C(=O)N(Cc2c(OC)ccc3cc(Br)ccc23)C2CC=C(F)C=C2OC12CCOCC2. The summed E-state index contributed by atoms with van der Waals surface area (Å²) in [5, 5.41) is 7.97. The second-order valence-corrected chi connectivity index (χ2v) is 11.4. The zero-order valence-corrected chi connectivity index (χ0v) is 24.6. The first-order valence-electron chi connectivity index (χ1n) is 13.7. The summed E-state index contributed by atoms with van der Waals surface area (Å²) in [6, 6.07) is 7.81. The number of nitrogens with zero attached hydrogens (tertiary/aromatic N) is 1. The van der Waals surface area contributed by atoms with Gasteiger partial charge in [0.2, 0.25) is 11.8 Å². The molecule has 2 aliphatic heterocycles. The zero-order chi connectivity index (χ0) is 28.4. The van der Waals surface area contributed by atoms with Gasteiger partial charge in [-0.1, -0.05) is 35.0 Å². The standard InChI is InChI=1S/C30H35BrFN3O5/c1-4-23(33-2)28(36)34-27-29(37)35(17-22-21-8-6-19(31)15-18(21)5-10-25(22)38-3)24-9-7-20(32)16-26(24)40-30(27)11-13-39-14-12-30/h5-8,10,15-16,23-24,27,33H,4,9,11-14,17H2,1-3H3,(H,34,36)/t23-,24?,27+/m0/s1. The number of nitrogens with one attached hydrogen (secondary N) is 2. The van der Waals surface area contributed by atoms with Crippen molar-refractivity contribution in [2.24, 2.45) is 0 Å². The van der Waals surface area contributed by atoms with Crippen LogP contribution in [-0.2, 0) is 25.6 Å². The maximum Gasteiger partial charge on any atom is 0.250 e. The Morgan fingerprint density at radius 2 is 2.05 bits per heavy atom. The van der Waals surface area contributed by atoms with Gasteiger partial charge in [-0.2, -0.15) is 0 Å². The maximum absolute atomic E-state index is 14.7. The van der Waals surface area contributed by atoms with Crippen molar-refractivity contribution in [2.75, 3.05) is 27.4 Å². The van der Waals surface area contributed by atoms with Crippen LogP contribution in [-0.4, -0.2) is 67.8 Å². The highest BCUT2D eigenvalue weighted by Gasteiger charge is 2.54. The Morgan fingerprint density at radius 3 is 2.75 bits per heavy atom. The highest BCUT2D eigenvalue weighted by molar-refractivity contribution is 9.10. The number of likely N-dealkylation sites (N-methyl/N-ethyl adjacent to an activating group) is 1. The van der Waals surface area contributed by atoms with Crippen molar-refractivity contribution in [1.29, 1.82) is 0 Å². The molecule has 2 saturated heterocycles. The van der Waals surface area contributed by atoms with Crippen LogP contribution in [0.2, 0.25) is 0 Å². The van der Waals surface area contributed by atoms with Crippen LogP contribution >= 0.6 is 15.9 Å². The number of hydrogen-bond donors (Lipinski definition) is 2. The normalized spacial score (nSPS) is 23.0. The van der Waals surface area contributed by atoms with Gasteiger partial charge in [-0.05, 0) is 54.9 Å². The molecule has 1 spiro atoms. The van der Waals surface area contributed by atoms with Crippen LogP contribution in [0.3, 0.4) is 0 Å². The number of rotatable bonds is 7. The Balaban J connectivity index is 1.63. The molecule has 2 fully saturated rings. The van der Waals surface area contributed by atoms with E-state index >= 15 is 0 Å². The smallest absolute Gasteiger partial charge is 0.250 e. The van der Waals surface area contributed by atoms with E-state index in [0.29, 0.717) is 44.0 Å². The van der Waals surface area contributed by atoms with E-state index in [0.717, 1.165) is 20.8 Å². The molecule has 3 aliphatic rings. The molecule has 10 heteroatoms. The van der Waals surface area contributed by atoms with Gasteiger partial charge in [0.15, 0.2) is 0 Å².